The van der Waals surface area contributed by atoms with Crippen molar-refractivity contribution >= 4 is 11.8 Å². The van der Waals surface area contributed by atoms with Crippen LogP contribution >= 0.6 is 0 Å². The Hall–Kier alpha value is -2.86. The van der Waals surface area contributed by atoms with Gasteiger partial charge >= 0.3 is 0 Å². The van der Waals surface area contributed by atoms with E-state index in [0.29, 0.717) is 19.5 Å². The Morgan fingerprint density at radius 3 is 2.61 bits per heavy atom. The van der Waals surface area contributed by atoms with Gasteiger partial charge in [0.1, 0.15) is 17.8 Å². The van der Waals surface area contributed by atoms with Gasteiger partial charge in [-0.05, 0) is 23.3 Å². The number of piperazine rings is 2. The molecule has 2 aromatic carbocycles. The van der Waals surface area contributed by atoms with E-state index in [-0.39, 0.29) is 11.8 Å². The molecule has 0 aliphatic carbocycles. The maximum absolute atomic E-state index is 12.9. The highest BCUT2D eigenvalue weighted by molar-refractivity contribution is 5.97. The van der Waals surface area contributed by atoms with Crippen molar-refractivity contribution in [3.8, 4) is 5.75 Å². The second-order valence-corrected chi connectivity index (χ2v) is 7.38. The summed E-state index contributed by atoms with van der Waals surface area (Å²) >= 11 is 0. The normalized spacial score (nSPS) is 22.5. The first kappa shape index (κ1) is 18.5. The fourth-order valence-corrected chi connectivity index (χ4v) is 4.02. The van der Waals surface area contributed by atoms with Gasteiger partial charge in [-0.25, -0.2) is 0 Å². The quantitative estimate of drug-likeness (QED) is 0.854. The summed E-state index contributed by atoms with van der Waals surface area (Å²) in [6, 6.07) is 16.9. The van der Waals surface area contributed by atoms with E-state index < -0.39 is 12.1 Å². The third-order valence-corrected chi connectivity index (χ3v) is 5.49. The monoisotopic (exact) mass is 379 g/mol. The van der Waals surface area contributed by atoms with E-state index in [4.69, 9.17) is 4.74 Å². The average molecular weight is 379 g/mol. The summed E-state index contributed by atoms with van der Waals surface area (Å²) in [5, 5.41) is 2.94. The molecule has 4 rings (SSSR count). The molecule has 0 spiro atoms. The number of nitrogens with zero attached hydrogens (tertiary/aromatic N) is 2. The minimum Gasteiger partial charge on any atom is -0.497 e. The van der Waals surface area contributed by atoms with Gasteiger partial charge in [0.05, 0.1) is 7.11 Å². The van der Waals surface area contributed by atoms with Crippen LogP contribution in [0.4, 0.5) is 0 Å². The Morgan fingerprint density at radius 2 is 1.82 bits per heavy atom. The minimum atomic E-state index is -0.476. The Morgan fingerprint density at radius 1 is 1.04 bits per heavy atom. The molecule has 0 saturated carbocycles. The van der Waals surface area contributed by atoms with E-state index in [1.807, 2.05) is 48.5 Å². The molecule has 2 heterocycles. The van der Waals surface area contributed by atoms with Crippen LogP contribution in [0, 0.1) is 0 Å². The summed E-state index contributed by atoms with van der Waals surface area (Å²) in [6.45, 7) is 2.61. The Bertz CT molecular complexity index is 855. The highest BCUT2D eigenvalue weighted by Gasteiger charge is 2.43. The van der Waals surface area contributed by atoms with Gasteiger partial charge in [-0.3, -0.25) is 14.5 Å². The van der Waals surface area contributed by atoms with E-state index in [9.17, 15) is 9.59 Å². The molecular formula is C22H25N3O3. The van der Waals surface area contributed by atoms with Crippen LogP contribution in [-0.4, -0.2) is 60.4 Å². The van der Waals surface area contributed by atoms with Crippen molar-refractivity contribution in [1.82, 2.24) is 15.1 Å². The molecule has 2 amide bonds. The lowest BCUT2D eigenvalue weighted by atomic mass is 9.98. The Labute approximate surface area is 165 Å². The van der Waals surface area contributed by atoms with Crippen molar-refractivity contribution < 1.29 is 14.3 Å². The lowest BCUT2D eigenvalue weighted by Crippen LogP contribution is -2.69. The summed E-state index contributed by atoms with van der Waals surface area (Å²) in [6.07, 6.45) is 0.530. The van der Waals surface area contributed by atoms with Crippen LogP contribution in [0.2, 0.25) is 0 Å². The Kier molecular flexibility index (Phi) is 5.30. The molecule has 1 N–H and O–H groups in total. The molecule has 28 heavy (non-hydrogen) atoms. The Balaban J connectivity index is 1.41. The van der Waals surface area contributed by atoms with Crippen molar-refractivity contribution in [2.24, 2.45) is 0 Å². The lowest BCUT2D eigenvalue weighted by Gasteiger charge is -2.45. The SMILES string of the molecule is COc1cccc(CN2CCN3C(=O)[C@@H](Cc4ccccc4)NC(=O)[C@H]3C2)c1. The summed E-state index contributed by atoms with van der Waals surface area (Å²) in [5.41, 5.74) is 2.19. The number of carbonyl (C=O) groups is 2. The smallest absolute Gasteiger partial charge is 0.246 e. The standard InChI is InChI=1S/C22H25N3O3/c1-28-18-9-5-8-17(12-18)14-24-10-11-25-20(15-24)21(26)23-19(22(25)27)13-16-6-3-2-4-7-16/h2-9,12,19-20H,10-11,13-15H2,1H3,(H,23,26)/t19-,20-/m1/s1. The maximum atomic E-state index is 12.9. The first-order valence-corrected chi connectivity index (χ1v) is 9.64. The summed E-state index contributed by atoms with van der Waals surface area (Å²) in [4.78, 5) is 29.6. The molecule has 2 fully saturated rings. The van der Waals surface area contributed by atoms with Crippen LogP contribution < -0.4 is 10.1 Å². The largest absolute Gasteiger partial charge is 0.497 e. The molecular weight excluding hydrogens is 354 g/mol. The van der Waals surface area contributed by atoms with Gasteiger partial charge in [-0.1, -0.05) is 42.5 Å². The van der Waals surface area contributed by atoms with Crippen molar-refractivity contribution in [1.29, 1.82) is 0 Å². The van der Waals surface area contributed by atoms with E-state index in [1.165, 1.54) is 0 Å². The number of hydrogen-bond donors (Lipinski definition) is 1. The number of fused-ring (bicyclic) bond motifs is 1. The number of carbonyl (C=O) groups excluding carboxylic acids is 2. The molecule has 0 aromatic heterocycles. The zero-order valence-electron chi connectivity index (χ0n) is 16.0. The second-order valence-electron chi connectivity index (χ2n) is 7.38. The first-order valence-electron chi connectivity index (χ1n) is 9.64. The third kappa shape index (κ3) is 3.87. The average Bonchev–Trinajstić information content (AvgIpc) is 2.73. The molecule has 6 nitrogen and oxygen atoms in total. The molecule has 2 aliphatic rings. The molecule has 2 saturated heterocycles. The van der Waals surface area contributed by atoms with Crippen LogP contribution in [0.25, 0.3) is 0 Å². The van der Waals surface area contributed by atoms with Crippen molar-refractivity contribution in [3.05, 3.63) is 65.7 Å². The summed E-state index contributed by atoms with van der Waals surface area (Å²) in [7, 11) is 1.65. The molecule has 2 aromatic rings. The molecule has 0 unspecified atom stereocenters. The predicted octanol–water partition coefficient (Wildman–Crippen LogP) is 1.45. The molecule has 0 bridgehead atoms. The van der Waals surface area contributed by atoms with Crippen LogP contribution in [-0.2, 0) is 22.6 Å². The molecule has 0 radical (unpaired) electrons. The van der Waals surface area contributed by atoms with Crippen molar-refractivity contribution in [2.45, 2.75) is 25.0 Å². The van der Waals surface area contributed by atoms with Crippen LogP contribution in [0.3, 0.4) is 0 Å². The highest BCUT2D eigenvalue weighted by Crippen LogP contribution is 2.21. The van der Waals surface area contributed by atoms with Gasteiger partial charge in [0.2, 0.25) is 11.8 Å². The number of nitrogens with one attached hydrogen (secondary N) is 1. The number of ether oxygens (including phenoxy) is 1. The van der Waals surface area contributed by atoms with E-state index in [0.717, 1.165) is 30.0 Å². The van der Waals surface area contributed by atoms with E-state index in [1.54, 1.807) is 12.0 Å². The van der Waals surface area contributed by atoms with Crippen LogP contribution in [0.5, 0.6) is 5.75 Å². The second kappa shape index (κ2) is 8.02. The summed E-state index contributed by atoms with van der Waals surface area (Å²) < 4.78 is 5.29. The summed E-state index contributed by atoms with van der Waals surface area (Å²) in [5.74, 6) is 0.788. The zero-order chi connectivity index (χ0) is 19.5. The molecule has 2 aliphatic heterocycles. The molecule has 2 atom stereocenters. The van der Waals surface area contributed by atoms with Gasteiger partial charge in [0.25, 0.3) is 0 Å². The van der Waals surface area contributed by atoms with Crippen LogP contribution in [0.1, 0.15) is 11.1 Å². The number of amides is 2. The van der Waals surface area contributed by atoms with Gasteiger partial charge in [0, 0.05) is 32.6 Å². The predicted molar refractivity (Wildman–Crippen MR) is 106 cm³/mol. The number of rotatable bonds is 5. The van der Waals surface area contributed by atoms with E-state index >= 15 is 0 Å². The number of hydrogen-bond acceptors (Lipinski definition) is 4. The van der Waals surface area contributed by atoms with Gasteiger partial charge < -0.3 is 15.0 Å². The fraction of sp³-hybridized carbons (Fsp3) is 0.364. The van der Waals surface area contributed by atoms with Gasteiger partial charge in [-0.2, -0.15) is 0 Å². The zero-order valence-corrected chi connectivity index (χ0v) is 16.0. The fourth-order valence-electron chi connectivity index (χ4n) is 4.02. The number of benzene rings is 2. The van der Waals surface area contributed by atoms with Crippen LogP contribution in [0.15, 0.2) is 54.6 Å². The number of methoxy groups -OCH3 is 1. The molecule has 6 heteroatoms. The lowest BCUT2D eigenvalue weighted by molar-refractivity contribution is -0.153. The maximum Gasteiger partial charge on any atom is 0.246 e. The molecule has 146 valence electrons. The third-order valence-electron chi connectivity index (χ3n) is 5.49. The van der Waals surface area contributed by atoms with Crippen molar-refractivity contribution in [2.75, 3.05) is 26.7 Å². The first-order chi connectivity index (χ1) is 13.6. The van der Waals surface area contributed by atoms with E-state index in [2.05, 4.69) is 16.3 Å². The topological polar surface area (TPSA) is 61.9 Å². The minimum absolute atomic E-state index is 0.0227. The highest BCUT2D eigenvalue weighted by atomic mass is 16.5. The van der Waals surface area contributed by atoms with Gasteiger partial charge in [-0.15, -0.1) is 0 Å². The van der Waals surface area contributed by atoms with Gasteiger partial charge in [0.15, 0.2) is 0 Å². The van der Waals surface area contributed by atoms with Crippen molar-refractivity contribution in [3.63, 3.8) is 0 Å².